The number of sulfonamides is 1. The summed E-state index contributed by atoms with van der Waals surface area (Å²) >= 11 is 0. The van der Waals surface area contributed by atoms with Gasteiger partial charge in [-0.05, 0) is 42.0 Å². The van der Waals surface area contributed by atoms with Crippen LogP contribution in [0, 0.1) is 5.82 Å². The number of ether oxygens (including phenoxy) is 1. The second kappa shape index (κ2) is 8.83. The van der Waals surface area contributed by atoms with Crippen LogP contribution in [-0.2, 0) is 21.2 Å². The Hall–Kier alpha value is -3.59. The maximum atomic E-state index is 13.7. The number of phenols is 1. The van der Waals surface area contributed by atoms with Crippen molar-refractivity contribution in [3.05, 3.63) is 78.1 Å². The molecule has 9 heteroatoms. The SMILES string of the molecule is COc1ccccc1NS(=O)(=O)c1ccc(O)c(NC(=O)Cc2ccccc2F)c1. The zero-order valence-corrected chi connectivity index (χ0v) is 16.7. The molecule has 0 aliphatic rings. The minimum Gasteiger partial charge on any atom is -0.506 e. The fourth-order valence-corrected chi connectivity index (χ4v) is 3.82. The summed E-state index contributed by atoms with van der Waals surface area (Å²) in [4.78, 5) is 12.1. The average molecular weight is 430 g/mol. The predicted molar refractivity (Wildman–Crippen MR) is 111 cm³/mol. The first-order valence-corrected chi connectivity index (χ1v) is 10.3. The van der Waals surface area contributed by atoms with Crippen molar-refractivity contribution in [1.29, 1.82) is 0 Å². The number of para-hydroxylation sites is 2. The molecule has 3 aromatic carbocycles. The number of hydrogen-bond acceptors (Lipinski definition) is 5. The Kier molecular flexibility index (Phi) is 6.22. The molecule has 0 aromatic heterocycles. The number of methoxy groups -OCH3 is 1. The van der Waals surface area contributed by atoms with E-state index in [9.17, 15) is 22.7 Å². The van der Waals surface area contributed by atoms with Crippen molar-refractivity contribution in [3.63, 3.8) is 0 Å². The molecule has 0 saturated carbocycles. The van der Waals surface area contributed by atoms with Gasteiger partial charge in [-0.1, -0.05) is 30.3 Å². The molecule has 0 aliphatic carbocycles. The number of carbonyl (C=O) groups is 1. The third-order valence-electron chi connectivity index (χ3n) is 4.21. The predicted octanol–water partition coefficient (Wildman–Crippen LogP) is 3.52. The van der Waals surface area contributed by atoms with Crippen molar-refractivity contribution in [1.82, 2.24) is 0 Å². The van der Waals surface area contributed by atoms with Crippen LogP contribution in [0.3, 0.4) is 0 Å². The smallest absolute Gasteiger partial charge is 0.262 e. The maximum absolute atomic E-state index is 13.7. The van der Waals surface area contributed by atoms with E-state index < -0.39 is 21.7 Å². The summed E-state index contributed by atoms with van der Waals surface area (Å²) in [6, 6.07) is 15.7. The first-order chi connectivity index (χ1) is 14.3. The van der Waals surface area contributed by atoms with Crippen molar-refractivity contribution in [2.75, 3.05) is 17.1 Å². The number of hydrogen-bond donors (Lipinski definition) is 3. The molecule has 1 amide bonds. The van der Waals surface area contributed by atoms with Gasteiger partial charge in [-0.2, -0.15) is 0 Å². The number of carbonyl (C=O) groups excluding carboxylic acids is 1. The molecule has 0 atom stereocenters. The topological polar surface area (TPSA) is 105 Å². The molecule has 0 spiro atoms. The maximum Gasteiger partial charge on any atom is 0.262 e. The minimum atomic E-state index is -4.04. The monoisotopic (exact) mass is 430 g/mol. The Morgan fingerprint density at radius 3 is 2.47 bits per heavy atom. The molecule has 0 aliphatic heterocycles. The molecular formula is C21H19FN2O5S. The molecule has 0 heterocycles. The Labute approximate surface area is 173 Å². The molecular weight excluding hydrogens is 411 g/mol. The number of phenolic OH excluding ortho intramolecular Hbond substituents is 1. The first kappa shape index (κ1) is 21.1. The molecule has 0 fully saturated rings. The average Bonchev–Trinajstić information content (AvgIpc) is 2.71. The van der Waals surface area contributed by atoms with Gasteiger partial charge >= 0.3 is 0 Å². The van der Waals surface area contributed by atoms with Crippen LogP contribution in [0.2, 0.25) is 0 Å². The van der Waals surface area contributed by atoms with Gasteiger partial charge in [-0.3, -0.25) is 9.52 Å². The lowest BCUT2D eigenvalue weighted by atomic mass is 10.1. The van der Waals surface area contributed by atoms with Crippen molar-refractivity contribution in [3.8, 4) is 11.5 Å². The molecule has 3 rings (SSSR count). The number of aromatic hydroxyl groups is 1. The van der Waals surface area contributed by atoms with Crippen molar-refractivity contribution < 1.29 is 27.4 Å². The van der Waals surface area contributed by atoms with Gasteiger partial charge in [0.1, 0.15) is 17.3 Å². The standard InChI is InChI=1S/C21H19FN2O5S/c1-29-20-9-5-4-8-17(20)24-30(27,28)15-10-11-19(25)18(13-15)23-21(26)12-14-6-2-3-7-16(14)22/h2-11,13,24-25H,12H2,1H3,(H,23,26). The van der Waals surface area contributed by atoms with Crippen LogP contribution < -0.4 is 14.8 Å². The lowest BCUT2D eigenvalue weighted by molar-refractivity contribution is -0.115. The Balaban J connectivity index is 1.82. The third-order valence-corrected chi connectivity index (χ3v) is 5.58. The van der Waals surface area contributed by atoms with Gasteiger partial charge in [0.15, 0.2) is 0 Å². The lowest BCUT2D eigenvalue weighted by Crippen LogP contribution is -2.17. The van der Waals surface area contributed by atoms with E-state index in [1.165, 1.54) is 37.4 Å². The highest BCUT2D eigenvalue weighted by Gasteiger charge is 2.19. The highest BCUT2D eigenvalue weighted by molar-refractivity contribution is 7.92. The molecule has 30 heavy (non-hydrogen) atoms. The normalized spacial score (nSPS) is 11.0. The number of anilines is 2. The van der Waals surface area contributed by atoms with E-state index in [2.05, 4.69) is 10.0 Å². The van der Waals surface area contributed by atoms with E-state index in [1.54, 1.807) is 24.3 Å². The molecule has 0 saturated heterocycles. The number of halogens is 1. The first-order valence-electron chi connectivity index (χ1n) is 8.82. The van der Waals surface area contributed by atoms with Crippen LogP contribution in [0.1, 0.15) is 5.56 Å². The van der Waals surface area contributed by atoms with Crippen LogP contribution in [-0.4, -0.2) is 26.5 Å². The Bertz CT molecular complexity index is 1180. The quantitative estimate of drug-likeness (QED) is 0.498. The van der Waals surface area contributed by atoms with Gasteiger partial charge in [0, 0.05) is 0 Å². The lowest BCUT2D eigenvalue weighted by Gasteiger charge is -2.13. The van der Waals surface area contributed by atoms with E-state index in [1.807, 2.05) is 0 Å². The molecule has 3 N–H and O–H groups in total. The van der Waals surface area contributed by atoms with Crippen LogP contribution in [0.25, 0.3) is 0 Å². The molecule has 0 bridgehead atoms. The largest absolute Gasteiger partial charge is 0.506 e. The molecule has 156 valence electrons. The molecule has 3 aromatic rings. The number of nitrogens with one attached hydrogen (secondary N) is 2. The van der Waals surface area contributed by atoms with Crippen molar-refractivity contribution in [2.45, 2.75) is 11.3 Å². The zero-order chi connectivity index (χ0) is 21.7. The molecule has 0 unspecified atom stereocenters. The van der Waals surface area contributed by atoms with Crippen LogP contribution >= 0.6 is 0 Å². The summed E-state index contributed by atoms with van der Waals surface area (Å²) in [6.07, 6.45) is -0.275. The third kappa shape index (κ3) is 4.87. The minimum absolute atomic E-state index is 0.112. The molecule has 7 nitrogen and oxygen atoms in total. The summed E-state index contributed by atoms with van der Waals surface area (Å²) in [5.41, 5.74) is 0.300. The van der Waals surface area contributed by atoms with Crippen LogP contribution in [0.5, 0.6) is 11.5 Å². The van der Waals surface area contributed by atoms with Gasteiger partial charge in [0.05, 0.1) is 29.8 Å². The van der Waals surface area contributed by atoms with Gasteiger partial charge in [0.2, 0.25) is 5.91 Å². The van der Waals surface area contributed by atoms with E-state index in [4.69, 9.17) is 4.74 Å². The summed E-state index contributed by atoms with van der Waals surface area (Å²) < 4.78 is 46.8. The van der Waals surface area contributed by atoms with Gasteiger partial charge < -0.3 is 15.2 Å². The second-order valence-electron chi connectivity index (χ2n) is 6.30. The van der Waals surface area contributed by atoms with Crippen LogP contribution in [0.15, 0.2) is 71.6 Å². The van der Waals surface area contributed by atoms with Crippen molar-refractivity contribution >= 4 is 27.3 Å². The number of amides is 1. The van der Waals surface area contributed by atoms with Crippen LogP contribution in [0.4, 0.5) is 15.8 Å². The van der Waals surface area contributed by atoms with E-state index in [0.29, 0.717) is 5.75 Å². The fourth-order valence-electron chi connectivity index (χ4n) is 2.72. The number of rotatable bonds is 7. The fraction of sp³-hybridized carbons (Fsp3) is 0.0952. The summed E-state index contributed by atoms with van der Waals surface area (Å²) in [7, 11) is -2.63. The van der Waals surface area contributed by atoms with E-state index in [0.717, 1.165) is 12.1 Å². The summed E-state index contributed by atoms with van der Waals surface area (Å²) in [6.45, 7) is 0. The van der Waals surface area contributed by atoms with E-state index in [-0.39, 0.29) is 34.0 Å². The highest BCUT2D eigenvalue weighted by Crippen LogP contribution is 2.30. The summed E-state index contributed by atoms with van der Waals surface area (Å²) in [5.74, 6) is -1.14. The second-order valence-corrected chi connectivity index (χ2v) is 7.98. The zero-order valence-electron chi connectivity index (χ0n) is 15.9. The van der Waals surface area contributed by atoms with Gasteiger partial charge in [-0.15, -0.1) is 0 Å². The van der Waals surface area contributed by atoms with Gasteiger partial charge in [0.25, 0.3) is 10.0 Å². The van der Waals surface area contributed by atoms with Gasteiger partial charge in [-0.25, -0.2) is 12.8 Å². The summed E-state index contributed by atoms with van der Waals surface area (Å²) in [5, 5.41) is 12.4. The number of benzene rings is 3. The Morgan fingerprint density at radius 1 is 1.03 bits per heavy atom. The van der Waals surface area contributed by atoms with Crippen molar-refractivity contribution in [2.24, 2.45) is 0 Å². The Morgan fingerprint density at radius 2 is 1.73 bits per heavy atom. The molecule has 0 radical (unpaired) electrons. The highest BCUT2D eigenvalue weighted by atomic mass is 32.2. The van der Waals surface area contributed by atoms with E-state index >= 15 is 0 Å².